The second-order valence-corrected chi connectivity index (χ2v) is 2.76. The molecule has 2 heterocycles. The molecule has 58 valence electrons. The lowest BCUT2D eigenvalue weighted by Gasteiger charge is -2.17. The molecule has 0 unspecified atom stereocenters. The molecule has 0 aromatic carbocycles. The third-order valence-corrected chi connectivity index (χ3v) is 2.06. The fourth-order valence-electron chi connectivity index (χ4n) is 1.43. The van der Waals surface area contributed by atoms with Crippen molar-refractivity contribution >= 4 is 5.82 Å². The fraction of sp³-hybridized carbons (Fsp3) is 0.375. The number of aromatic nitrogens is 1. The normalized spacial score (nSPS) is 16.0. The lowest BCUT2D eigenvalue weighted by atomic mass is 10.0. The molecule has 11 heavy (non-hydrogen) atoms. The molecule has 1 aliphatic heterocycles. The first kappa shape index (κ1) is 6.61. The van der Waals surface area contributed by atoms with Gasteiger partial charge in [0.2, 0.25) is 0 Å². The van der Waals surface area contributed by atoms with E-state index in [4.69, 9.17) is 5.73 Å². The van der Waals surface area contributed by atoms with Gasteiger partial charge in [0, 0.05) is 18.3 Å². The molecule has 3 N–H and O–H groups in total. The minimum absolute atomic E-state index is 0.676. The highest BCUT2D eigenvalue weighted by Gasteiger charge is 2.10. The van der Waals surface area contributed by atoms with Crippen molar-refractivity contribution in [2.24, 2.45) is 0 Å². The van der Waals surface area contributed by atoms with Crippen molar-refractivity contribution in [3.05, 3.63) is 23.4 Å². The van der Waals surface area contributed by atoms with Crippen molar-refractivity contribution in [3.63, 3.8) is 0 Å². The van der Waals surface area contributed by atoms with E-state index in [1.807, 2.05) is 6.07 Å². The minimum Gasteiger partial charge on any atom is -0.383 e. The summed E-state index contributed by atoms with van der Waals surface area (Å²) in [5.74, 6) is 0.676. The van der Waals surface area contributed by atoms with Crippen molar-refractivity contribution < 1.29 is 0 Å². The Morgan fingerprint density at radius 2 is 2.45 bits per heavy atom. The van der Waals surface area contributed by atoms with Gasteiger partial charge in [0.1, 0.15) is 5.82 Å². The average molecular weight is 149 g/mol. The number of pyridine rings is 1. The number of nitrogens with two attached hydrogens (primary N) is 1. The number of nitrogens with zero attached hydrogens (tertiary/aromatic N) is 1. The summed E-state index contributed by atoms with van der Waals surface area (Å²) in [4.78, 5) is 4.03. The second-order valence-electron chi connectivity index (χ2n) is 2.76. The van der Waals surface area contributed by atoms with Gasteiger partial charge in [-0.3, -0.25) is 0 Å². The molecule has 1 aliphatic rings. The van der Waals surface area contributed by atoms with Gasteiger partial charge in [0.25, 0.3) is 0 Å². The maximum absolute atomic E-state index is 5.69. The van der Waals surface area contributed by atoms with E-state index in [-0.39, 0.29) is 0 Å². The highest BCUT2D eigenvalue weighted by atomic mass is 14.9. The number of hydrogen-bond acceptors (Lipinski definition) is 3. The largest absolute Gasteiger partial charge is 0.383 e. The summed E-state index contributed by atoms with van der Waals surface area (Å²) in [6.45, 7) is 1.92. The van der Waals surface area contributed by atoms with Gasteiger partial charge in [0.05, 0.1) is 0 Å². The molecule has 0 saturated carbocycles. The van der Waals surface area contributed by atoms with Gasteiger partial charge in [-0.25, -0.2) is 4.98 Å². The SMILES string of the molecule is Nc1nccc2c1CNCC2. The maximum Gasteiger partial charge on any atom is 0.128 e. The standard InChI is InChI=1S/C8H11N3/c9-8-7-5-10-3-1-6(7)2-4-11-8/h2,4,10H,1,3,5H2,(H2,9,11). The second kappa shape index (κ2) is 2.51. The summed E-state index contributed by atoms with van der Waals surface area (Å²) >= 11 is 0. The Balaban J connectivity index is 2.49. The molecule has 0 amide bonds. The molecule has 0 atom stereocenters. The molecule has 3 nitrogen and oxygen atoms in total. The van der Waals surface area contributed by atoms with Crippen molar-refractivity contribution in [1.82, 2.24) is 10.3 Å². The summed E-state index contributed by atoms with van der Waals surface area (Å²) in [7, 11) is 0. The first-order valence-corrected chi connectivity index (χ1v) is 3.81. The van der Waals surface area contributed by atoms with Crippen LogP contribution >= 0.6 is 0 Å². The molecule has 2 rings (SSSR count). The Labute approximate surface area is 65.6 Å². The highest BCUT2D eigenvalue weighted by molar-refractivity contribution is 5.45. The molecule has 1 aromatic heterocycles. The van der Waals surface area contributed by atoms with Crippen LogP contribution in [0.15, 0.2) is 12.3 Å². The van der Waals surface area contributed by atoms with Crippen LogP contribution in [-0.4, -0.2) is 11.5 Å². The minimum atomic E-state index is 0.676. The van der Waals surface area contributed by atoms with Gasteiger partial charge in [0.15, 0.2) is 0 Å². The van der Waals surface area contributed by atoms with Crippen molar-refractivity contribution in [2.45, 2.75) is 13.0 Å². The predicted octanol–water partition coefficient (Wildman–Crippen LogP) is 0.309. The van der Waals surface area contributed by atoms with E-state index in [0.29, 0.717) is 5.82 Å². The zero-order valence-electron chi connectivity index (χ0n) is 6.30. The predicted molar refractivity (Wildman–Crippen MR) is 44.1 cm³/mol. The van der Waals surface area contributed by atoms with Crippen molar-refractivity contribution in [2.75, 3.05) is 12.3 Å². The van der Waals surface area contributed by atoms with Crippen LogP contribution in [0.3, 0.4) is 0 Å². The molecule has 0 spiro atoms. The molecule has 3 heteroatoms. The van der Waals surface area contributed by atoms with E-state index >= 15 is 0 Å². The molecular formula is C8H11N3. The van der Waals surface area contributed by atoms with E-state index in [2.05, 4.69) is 10.3 Å². The lowest BCUT2D eigenvalue weighted by molar-refractivity contribution is 0.643. The average Bonchev–Trinajstić information content (AvgIpc) is 2.06. The van der Waals surface area contributed by atoms with Gasteiger partial charge in [-0.2, -0.15) is 0 Å². The topological polar surface area (TPSA) is 50.9 Å². The van der Waals surface area contributed by atoms with E-state index in [1.54, 1.807) is 6.20 Å². The van der Waals surface area contributed by atoms with Gasteiger partial charge in [-0.15, -0.1) is 0 Å². The van der Waals surface area contributed by atoms with Crippen LogP contribution in [0.5, 0.6) is 0 Å². The van der Waals surface area contributed by atoms with Gasteiger partial charge in [-0.05, 0) is 24.6 Å². The first-order valence-electron chi connectivity index (χ1n) is 3.81. The molecule has 0 aliphatic carbocycles. The van der Waals surface area contributed by atoms with E-state index in [1.165, 1.54) is 11.1 Å². The summed E-state index contributed by atoms with van der Waals surface area (Å²) < 4.78 is 0. The molecule has 0 fully saturated rings. The summed E-state index contributed by atoms with van der Waals surface area (Å²) in [6.07, 6.45) is 2.85. The Bertz CT molecular complexity index is 270. The van der Waals surface area contributed by atoms with Gasteiger partial charge >= 0.3 is 0 Å². The van der Waals surface area contributed by atoms with Crippen LogP contribution in [0.2, 0.25) is 0 Å². The van der Waals surface area contributed by atoms with Crippen LogP contribution in [0, 0.1) is 0 Å². The van der Waals surface area contributed by atoms with E-state index in [9.17, 15) is 0 Å². The van der Waals surface area contributed by atoms with Crippen LogP contribution in [-0.2, 0) is 13.0 Å². The van der Waals surface area contributed by atoms with E-state index in [0.717, 1.165) is 19.5 Å². The Kier molecular flexibility index (Phi) is 1.51. The molecule has 0 saturated heterocycles. The number of anilines is 1. The molecule has 1 aromatic rings. The number of fused-ring (bicyclic) bond motifs is 1. The first-order chi connectivity index (χ1) is 5.38. The number of nitrogens with one attached hydrogen (secondary N) is 1. The highest BCUT2D eigenvalue weighted by Crippen LogP contribution is 2.17. The Hall–Kier alpha value is -1.09. The Morgan fingerprint density at radius 3 is 3.27 bits per heavy atom. The zero-order valence-corrected chi connectivity index (χ0v) is 6.30. The van der Waals surface area contributed by atoms with E-state index < -0.39 is 0 Å². The maximum atomic E-state index is 5.69. The van der Waals surface area contributed by atoms with Gasteiger partial charge < -0.3 is 11.1 Å². The zero-order chi connectivity index (χ0) is 7.68. The quantitative estimate of drug-likeness (QED) is 0.558. The molecule has 0 radical (unpaired) electrons. The van der Waals surface area contributed by atoms with Gasteiger partial charge in [-0.1, -0.05) is 0 Å². The third kappa shape index (κ3) is 1.07. The molecule has 0 bridgehead atoms. The number of rotatable bonds is 0. The number of nitrogen functional groups attached to an aromatic ring is 1. The van der Waals surface area contributed by atoms with Crippen LogP contribution in [0.25, 0.3) is 0 Å². The van der Waals surface area contributed by atoms with Crippen molar-refractivity contribution in [3.8, 4) is 0 Å². The van der Waals surface area contributed by atoms with Crippen LogP contribution in [0.4, 0.5) is 5.82 Å². The third-order valence-electron chi connectivity index (χ3n) is 2.06. The van der Waals surface area contributed by atoms with Crippen LogP contribution in [0.1, 0.15) is 11.1 Å². The Morgan fingerprint density at radius 1 is 1.55 bits per heavy atom. The number of hydrogen-bond donors (Lipinski definition) is 2. The van der Waals surface area contributed by atoms with Crippen LogP contribution < -0.4 is 11.1 Å². The summed E-state index contributed by atoms with van der Waals surface area (Å²) in [6, 6.07) is 2.05. The molecular weight excluding hydrogens is 138 g/mol. The monoisotopic (exact) mass is 149 g/mol. The van der Waals surface area contributed by atoms with Crippen molar-refractivity contribution in [1.29, 1.82) is 0 Å². The lowest BCUT2D eigenvalue weighted by Crippen LogP contribution is -2.24. The summed E-state index contributed by atoms with van der Waals surface area (Å²) in [5.41, 5.74) is 8.21. The summed E-state index contributed by atoms with van der Waals surface area (Å²) in [5, 5.41) is 3.26. The smallest absolute Gasteiger partial charge is 0.128 e. The fourth-order valence-corrected chi connectivity index (χ4v) is 1.43.